The van der Waals surface area contributed by atoms with Gasteiger partial charge in [0.05, 0.1) is 31.3 Å². The number of nitrogens with zero attached hydrogens (tertiary/aromatic N) is 2. The Balaban J connectivity index is 1.87. The summed E-state index contributed by atoms with van der Waals surface area (Å²) in [4.78, 5) is 0. The Morgan fingerprint density at radius 3 is 1.93 bits per heavy atom. The van der Waals surface area contributed by atoms with Crippen molar-refractivity contribution in [3.8, 4) is 39.7 Å². The molecule has 1 heterocycles. The molecule has 0 atom stereocenters. The molecule has 0 N–H and O–H groups in total. The van der Waals surface area contributed by atoms with Crippen molar-refractivity contribution in [3.63, 3.8) is 0 Å². The van der Waals surface area contributed by atoms with Gasteiger partial charge in [-0.1, -0.05) is 25.1 Å². The summed E-state index contributed by atoms with van der Waals surface area (Å²) in [6.45, 7) is 2.17. The smallest absolute Gasteiger partial charge is 0.118 e. The van der Waals surface area contributed by atoms with Crippen LogP contribution in [0.5, 0.6) is 11.5 Å². The van der Waals surface area contributed by atoms with Gasteiger partial charge in [-0.2, -0.15) is 5.10 Å². The maximum absolute atomic E-state index is 5.32. The second kappa shape index (κ2) is 8.23. The standard InChI is InChI=1S/C25H24N2O2/c1-4-18-7-5-6-8-24(18)27-25(20-11-15-22(29-3)16-12-20)17-23(26-27)19-9-13-21(28-2)14-10-19/h5-17H,4H2,1-3H3. The van der Waals surface area contributed by atoms with Gasteiger partial charge in [0.15, 0.2) is 0 Å². The quantitative estimate of drug-likeness (QED) is 0.422. The predicted molar refractivity (Wildman–Crippen MR) is 117 cm³/mol. The first-order chi connectivity index (χ1) is 14.2. The van der Waals surface area contributed by atoms with Crippen LogP contribution < -0.4 is 9.47 Å². The SMILES string of the molecule is CCc1ccccc1-n1nc(-c2ccc(OC)cc2)cc1-c1ccc(OC)cc1. The highest BCUT2D eigenvalue weighted by atomic mass is 16.5. The summed E-state index contributed by atoms with van der Waals surface area (Å²) in [5, 5.41) is 4.98. The Morgan fingerprint density at radius 2 is 1.34 bits per heavy atom. The maximum Gasteiger partial charge on any atom is 0.118 e. The van der Waals surface area contributed by atoms with E-state index in [4.69, 9.17) is 14.6 Å². The van der Waals surface area contributed by atoms with Crippen molar-refractivity contribution >= 4 is 0 Å². The molecule has 0 bridgehead atoms. The average Bonchev–Trinajstić information content (AvgIpc) is 3.24. The van der Waals surface area contributed by atoms with E-state index in [0.717, 1.165) is 46.1 Å². The molecule has 0 aliphatic carbocycles. The zero-order valence-electron chi connectivity index (χ0n) is 16.9. The van der Waals surface area contributed by atoms with Crippen LogP contribution in [0.15, 0.2) is 78.9 Å². The molecule has 4 aromatic rings. The van der Waals surface area contributed by atoms with Gasteiger partial charge in [-0.05, 0) is 72.6 Å². The molecule has 4 nitrogen and oxygen atoms in total. The Bertz CT molecular complexity index is 1100. The van der Waals surface area contributed by atoms with E-state index in [9.17, 15) is 0 Å². The molecule has 4 rings (SSSR count). The van der Waals surface area contributed by atoms with Gasteiger partial charge >= 0.3 is 0 Å². The van der Waals surface area contributed by atoms with Gasteiger partial charge in [-0.15, -0.1) is 0 Å². The van der Waals surface area contributed by atoms with Crippen LogP contribution in [-0.4, -0.2) is 24.0 Å². The Morgan fingerprint density at radius 1 is 0.759 bits per heavy atom. The van der Waals surface area contributed by atoms with Gasteiger partial charge in [0.1, 0.15) is 11.5 Å². The van der Waals surface area contributed by atoms with E-state index in [1.165, 1.54) is 5.56 Å². The van der Waals surface area contributed by atoms with E-state index in [1.54, 1.807) is 14.2 Å². The van der Waals surface area contributed by atoms with Crippen molar-refractivity contribution in [2.45, 2.75) is 13.3 Å². The number of aromatic nitrogens is 2. The first-order valence-corrected chi connectivity index (χ1v) is 9.70. The maximum atomic E-state index is 5.32. The molecule has 0 saturated carbocycles. The molecule has 29 heavy (non-hydrogen) atoms. The minimum atomic E-state index is 0.833. The average molecular weight is 384 g/mol. The van der Waals surface area contributed by atoms with E-state index >= 15 is 0 Å². The third-order valence-electron chi connectivity index (χ3n) is 5.08. The summed E-state index contributed by atoms with van der Waals surface area (Å²) >= 11 is 0. The third kappa shape index (κ3) is 3.74. The summed E-state index contributed by atoms with van der Waals surface area (Å²) in [5.74, 6) is 1.67. The van der Waals surface area contributed by atoms with E-state index in [-0.39, 0.29) is 0 Å². The first-order valence-electron chi connectivity index (χ1n) is 9.70. The molecular weight excluding hydrogens is 360 g/mol. The van der Waals surface area contributed by atoms with E-state index < -0.39 is 0 Å². The second-order valence-corrected chi connectivity index (χ2v) is 6.77. The molecule has 4 heteroatoms. The molecule has 0 radical (unpaired) electrons. The fourth-order valence-corrected chi connectivity index (χ4v) is 3.45. The van der Waals surface area contributed by atoms with Crippen LogP contribution in [0.4, 0.5) is 0 Å². The predicted octanol–water partition coefficient (Wildman–Crippen LogP) is 5.79. The fraction of sp³-hybridized carbons (Fsp3) is 0.160. The van der Waals surface area contributed by atoms with Crippen LogP contribution in [0.25, 0.3) is 28.2 Å². The highest BCUT2D eigenvalue weighted by Crippen LogP contribution is 2.31. The molecule has 0 saturated heterocycles. The Hall–Kier alpha value is -3.53. The fourth-order valence-electron chi connectivity index (χ4n) is 3.45. The summed E-state index contributed by atoms with van der Waals surface area (Å²) in [7, 11) is 3.35. The van der Waals surface area contributed by atoms with E-state index in [0.29, 0.717) is 0 Å². The lowest BCUT2D eigenvalue weighted by molar-refractivity contribution is 0.414. The summed E-state index contributed by atoms with van der Waals surface area (Å²) < 4.78 is 12.6. The second-order valence-electron chi connectivity index (χ2n) is 6.77. The number of methoxy groups -OCH3 is 2. The van der Waals surface area contributed by atoms with Gasteiger partial charge in [-0.3, -0.25) is 0 Å². The van der Waals surface area contributed by atoms with Crippen molar-refractivity contribution < 1.29 is 9.47 Å². The van der Waals surface area contributed by atoms with Gasteiger partial charge in [-0.25, -0.2) is 4.68 Å². The number of hydrogen-bond acceptors (Lipinski definition) is 3. The molecule has 146 valence electrons. The lowest BCUT2D eigenvalue weighted by Crippen LogP contribution is -2.03. The summed E-state index contributed by atoms with van der Waals surface area (Å²) in [5.41, 5.74) is 6.45. The number of aryl methyl sites for hydroxylation is 1. The zero-order valence-corrected chi connectivity index (χ0v) is 16.9. The Kier molecular flexibility index (Phi) is 5.34. The zero-order chi connectivity index (χ0) is 20.2. The van der Waals surface area contributed by atoms with E-state index in [2.05, 4.69) is 49.4 Å². The monoisotopic (exact) mass is 384 g/mol. The van der Waals surface area contributed by atoms with E-state index in [1.807, 2.05) is 41.1 Å². The van der Waals surface area contributed by atoms with Crippen LogP contribution in [0.3, 0.4) is 0 Å². The van der Waals surface area contributed by atoms with Gasteiger partial charge in [0.2, 0.25) is 0 Å². The summed E-state index contributed by atoms with van der Waals surface area (Å²) in [6.07, 6.45) is 0.940. The van der Waals surface area contributed by atoms with Crippen molar-refractivity contribution in [2.24, 2.45) is 0 Å². The molecule has 0 unspecified atom stereocenters. The molecule has 3 aromatic carbocycles. The normalized spacial score (nSPS) is 10.7. The van der Waals surface area contributed by atoms with Gasteiger partial charge in [0, 0.05) is 11.1 Å². The highest BCUT2D eigenvalue weighted by molar-refractivity contribution is 5.71. The minimum Gasteiger partial charge on any atom is -0.497 e. The van der Waals surface area contributed by atoms with Crippen molar-refractivity contribution in [1.82, 2.24) is 9.78 Å². The number of ether oxygens (including phenoxy) is 2. The number of benzene rings is 3. The molecule has 0 aliphatic heterocycles. The van der Waals surface area contributed by atoms with Crippen LogP contribution in [0, 0.1) is 0 Å². The largest absolute Gasteiger partial charge is 0.497 e. The molecular formula is C25H24N2O2. The number of hydrogen-bond donors (Lipinski definition) is 0. The van der Waals surface area contributed by atoms with Crippen molar-refractivity contribution in [3.05, 3.63) is 84.4 Å². The highest BCUT2D eigenvalue weighted by Gasteiger charge is 2.15. The lowest BCUT2D eigenvalue weighted by Gasteiger charge is -2.12. The Labute approximate surface area is 171 Å². The van der Waals surface area contributed by atoms with Gasteiger partial charge in [0.25, 0.3) is 0 Å². The first kappa shape index (κ1) is 18.8. The van der Waals surface area contributed by atoms with Crippen LogP contribution in [0.2, 0.25) is 0 Å². The van der Waals surface area contributed by atoms with Crippen LogP contribution in [-0.2, 0) is 6.42 Å². The molecule has 0 fully saturated rings. The summed E-state index contributed by atoms with van der Waals surface area (Å²) in [6, 6.07) is 26.6. The van der Waals surface area contributed by atoms with Crippen molar-refractivity contribution in [2.75, 3.05) is 14.2 Å². The lowest BCUT2D eigenvalue weighted by atomic mass is 10.1. The van der Waals surface area contributed by atoms with Crippen LogP contribution >= 0.6 is 0 Å². The molecule has 0 aliphatic rings. The third-order valence-corrected chi connectivity index (χ3v) is 5.08. The molecule has 0 amide bonds. The van der Waals surface area contributed by atoms with Crippen molar-refractivity contribution in [1.29, 1.82) is 0 Å². The molecule has 0 spiro atoms. The number of para-hydroxylation sites is 1. The molecule has 1 aromatic heterocycles. The van der Waals surface area contributed by atoms with Gasteiger partial charge < -0.3 is 9.47 Å². The van der Waals surface area contributed by atoms with Crippen LogP contribution in [0.1, 0.15) is 12.5 Å². The topological polar surface area (TPSA) is 36.3 Å². The minimum absolute atomic E-state index is 0.833. The number of rotatable bonds is 6.